The second-order valence-electron chi connectivity index (χ2n) is 7.68. The molecule has 0 aromatic heterocycles. The van der Waals surface area contributed by atoms with E-state index in [-0.39, 0.29) is 21.5 Å². The van der Waals surface area contributed by atoms with Gasteiger partial charge in [-0.3, -0.25) is 15.0 Å². The zero-order valence-corrected chi connectivity index (χ0v) is 18.5. The zero-order valence-electron chi connectivity index (χ0n) is 17.0. The minimum absolute atomic E-state index is 0.0367. The minimum atomic E-state index is -4.34. The van der Waals surface area contributed by atoms with Crippen molar-refractivity contribution in [1.82, 2.24) is 4.90 Å². The second kappa shape index (κ2) is 9.21. The van der Waals surface area contributed by atoms with E-state index in [0.29, 0.717) is 18.8 Å². The Hall–Kier alpha value is -2.81. The van der Waals surface area contributed by atoms with Crippen molar-refractivity contribution < 1.29 is 22.8 Å². The SMILES string of the molecule is O=[N+]([O-])c1cc(Cl)c(Oc2ccc3c(c2)CCN(Cc2ccc(C(F)(F)F)cc2)C3)c(Cl)c1. The van der Waals surface area contributed by atoms with Crippen molar-refractivity contribution in [2.45, 2.75) is 25.7 Å². The molecule has 33 heavy (non-hydrogen) atoms. The zero-order chi connectivity index (χ0) is 23.8. The fraction of sp³-hybridized carbons (Fsp3) is 0.217. The lowest BCUT2D eigenvalue weighted by atomic mass is 9.99. The Balaban J connectivity index is 1.44. The summed E-state index contributed by atoms with van der Waals surface area (Å²) in [6.07, 6.45) is -3.61. The van der Waals surface area contributed by atoms with Crippen molar-refractivity contribution in [3.8, 4) is 11.5 Å². The number of benzene rings is 3. The van der Waals surface area contributed by atoms with Crippen LogP contribution in [0.2, 0.25) is 10.0 Å². The number of rotatable bonds is 5. The average Bonchev–Trinajstić information content (AvgIpc) is 2.76. The standard InChI is InChI=1S/C23H17Cl2F3N2O3/c24-20-10-18(30(31)32)11-21(25)22(20)33-19-6-3-16-13-29(8-7-15(16)9-19)12-14-1-4-17(5-2-14)23(26,27)28/h1-6,9-11H,7-8,12-13H2. The van der Waals surface area contributed by atoms with Crippen LogP contribution in [0.15, 0.2) is 54.6 Å². The van der Waals surface area contributed by atoms with Crippen LogP contribution in [0, 0.1) is 10.1 Å². The Kier molecular flexibility index (Phi) is 6.52. The third kappa shape index (κ3) is 5.40. The molecule has 172 valence electrons. The molecule has 1 heterocycles. The van der Waals surface area contributed by atoms with E-state index in [4.69, 9.17) is 27.9 Å². The highest BCUT2D eigenvalue weighted by Gasteiger charge is 2.30. The van der Waals surface area contributed by atoms with Gasteiger partial charge in [0.2, 0.25) is 0 Å². The first-order valence-electron chi connectivity index (χ1n) is 9.92. The van der Waals surface area contributed by atoms with E-state index in [2.05, 4.69) is 4.90 Å². The number of ether oxygens (including phenoxy) is 1. The molecule has 0 fully saturated rings. The predicted octanol–water partition coefficient (Wildman–Crippen LogP) is 7.27. The molecule has 3 aromatic carbocycles. The van der Waals surface area contributed by atoms with E-state index in [1.807, 2.05) is 12.1 Å². The van der Waals surface area contributed by atoms with Gasteiger partial charge in [0, 0.05) is 31.8 Å². The highest BCUT2D eigenvalue weighted by atomic mass is 35.5. The maximum absolute atomic E-state index is 12.7. The van der Waals surface area contributed by atoms with Gasteiger partial charge in [0.05, 0.1) is 20.5 Å². The number of nitro groups is 1. The quantitative estimate of drug-likeness (QED) is 0.275. The van der Waals surface area contributed by atoms with E-state index in [9.17, 15) is 23.3 Å². The Bertz CT molecular complexity index is 1180. The van der Waals surface area contributed by atoms with E-state index < -0.39 is 16.7 Å². The summed E-state index contributed by atoms with van der Waals surface area (Å²) in [4.78, 5) is 12.5. The number of hydrogen-bond acceptors (Lipinski definition) is 4. The molecule has 5 nitrogen and oxygen atoms in total. The molecular weight excluding hydrogens is 480 g/mol. The third-order valence-corrected chi connectivity index (χ3v) is 5.93. The number of halogens is 5. The van der Waals surface area contributed by atoms with Gasteiger partial charge in [-0.1, -0.05) is 41.4 Å². The second-order valence-corrected chi connectivity index (χ2v) is 8.50. The summed E-state index contributed by atoms with van der Waals surface area (Å²) in [5.74, 6) is 0.645. The molecule has 0 atom stereocenters. The number of nitrogens with zero attached hydrogens (tertiary/aromatic N) is 2. The van der Waals surface area contributed by atoms with Gasteiger partial charge in [0.15, 0.2) is 5.75 Å². The third-order valence-electron chi connectivity index (χ3n) is 5.37. The Morgan fingerprint density at radius 3 is 2.27 bits per heavy atom. The topological polar surface area (TPSA) is 55.6 Å². The monoisotopic (exact) mass is 496 g/mol. The van der Waals surface area contributed by atoms with Crippen LogP contribution < -0.4 is 4.74 Å². The molecular formula is C23H17Cl2F3N2O3. The first kappa shape index (κ1) is 23.4. The number of nitro benzene ring substituents is 1. The molecule has 1 aliphatic heterocycles. The van der Waals surface area contributed by atoms with Crippen LogP contribution in [0.25, 0.3) is 0 Å². The van der Waals surface area contributed by atoms with Crippen LogP contribution in [0.3, 0.4) is 0 Å². The summed E-state index contributed by atoms with van der Waals surface area (Å²) in [5.41, 5.74) is 2.09. The largest absolute Gasteiger partial charge is 0.454 e. The molecule has 0 saturated heterocycles. The lowest BCUT2D eigenvalue weighted by molar-refractivity contribution is -0.384. The van der Waals surface area contributed by atoms with Crippen LogP contribution in [0.5, 0.6) is 11.5 Å². The molecule has 0 spiro atoms. The van der Waals surface area contributed by atoms with Crippen LogP contribution >= 0.6 is 23.2 Å². The molecule has 0 unspecified atom stereocenters. The summed E-state index contributed by atoms with van der Waals surface area (Å²) in [6.45, 7) is 1.93. The maximum Gasteiger partial charge on any atom is 0.416 e. The van der Waals surface area contributed by atoms with Crippen molar-refractivity contribution in [2.75, 3.05) is 6.54 Å². The molecule has 0 N–H and O–H groups in total. The van der Waals surface area contributed by atoms with Gasteiger partial charge in [-0.05, 0) is 47.4 Å². The van der Waals surface area contributed by atoms with Crippen molar-refractivity contribution >= 4 is 28.9 Å². The average molecular weight is 497 g/mol. The molecule has 0 saturated carbocycles. The predicted molar refractivity (Wildman–Crippen MR) is 119 cm³/mol. The number of non-ortho nitro benzene ring substituents is 1. The van der Waals surface area contributed by atoms with Crippen LogP contribution in [-0.2, 0) is 25.7 Å². The normalized spacial score (nSPS) is 14.1. The van der Waals surface area contributed by atoms with Gasteiger partial charge in [-0.25, -0.2) is 0 Å². The van der Waals surface area contributed by atoms with Gasteiger partial charge in [-0.15, -0.1) is 0 Å². The molecule has 3 aromatic rings. The van der Waals surface area contributed by atoms with Gasteiger partial charge in [0.25, 0.3) is 5.69 Å². The first-order chi connectivity index (χ1) is 15.6. The van der Waals surface area contributed by atoms with Crippen LogP contribution in [0.4, 0.5) is 18.9 Å². The summed E-state index contributed by atoms with van der Waals surface area (Å²) in [5, 5.41) is 11.0. The fourth-order valence-electron chi connectivity index (χ4n) is 3.71. The lowest BCUT2D eigenvalue weighted by Gasteiger charge is -2.29. The molecule has 0 bridgehead atoms. The summed E-state index contributed by atoms with van der Waals surface area (Å²) < 4.78 is 44.0. The molecule has 0 radical (unpaired) electrons. The molecule has 10 heteroatoms. The van der Waals surface area contributed by atoms with Crippen molar-refractivity contribution in [3.05, 3.63) is 97.0 Å². The van der Waals surface area contributed by atoms with E-state index in [1.165, 1.54) is 24.3 Å². The highest BCUT2D eigenvalue weighted by Crippen LogP contribution is 2.40. The van der Waals surface area contributed by atoms with Gasteiger partial charge in [-0.2, -0.15) is 13.2 Å². The van der Waals surface area contributed by atoms with Crippen molar-refractivity contribution in [3.63, 3.8) is 0 Å². The Morgan fingerprint density at radius 1 is 1.00 bits per heavy atom. The number of hydrogen-bond donors (Lipinski definition) is 0. The van der Waals surface area contributed by atoms with Crippen molar-refractivity contribution in [2.24, 2.45) is 0 Å². The van der Waals surface area contributed by atoms with E-state index >= 15 is 0 Å². The number of alkyl halides is 3. The Labute approximate surface area is 197 Å². The Morgan fingerprint density at radius 2 is 1.67 bits per heavy atom. The van der Waals surface area contributed by atoms with E-state index in [0.717, 1.165) is 41.8 Å². The summed E-state index contributed by atoms with van der Waals surface area (Å²) >= 11 is 12.2. The molecule has 0 amide bonds. The molecule has 0 aliphatic carbocycles. The first-order valence-corrected chi connectivity index (χ1v) is 10.7. The van der Waals surface area contributed by atoms with Crippen molar-refractivity contribution in [1.29, 1.82) is 0 Å². The van der Waals surface area contributed by atoms with E-state index in [1.54, 1.807) is 6.07 Å². The summed E-state index contributed by atoms with van der Waals surface area (Å²) in [7, 11) is 0. The van der Waals surface area contributed by atoms with Gasteiger partial charge in [0.1, 0.15) is 5.75 Å². The van der Waals surface area contributed by atoms with Crippen LogP contribution in [0.1, 0.15) is 22.3 Å². The molecule has 1 aliphatic rings. The lowest BCUT2D eigenvalue weighted by Crippen LogP contribution is -2.30. The fourth-order valence-corrected chi connectivity index (χ4v) is 4.26. The summed E-state index contributed by atoms with van der Waals surface area (Å²) in [6, 6.07) is 13.1. The maximum atomic E-state index is 12.7. The van der Waals surface area contributed by atoms with Crippen LogP contribution in [-0.4, -0.2) is 16.4 Å². The minimum Gasteiger partial charge on any atom is -0.454 e. The van der Waals surface area contributed by atoms with Gasteiger partial charge >= 0.3 is 6.18 Å². The number of fused-ring (bicyclic) bond motifs is 1. The molecule has 4 rings (SSSR count). The van der Waals surface area contributed by atoms with Gasteiger partial charge < -0.3 is 4.74 Å². The smallest absolute Gasteiger partial charge is 0.416 e. The highest BCUT2D eigenvalue weighted by molar-refractivity contribution is 6.37.